The maximum atomic E-state index is 12.5. The predicted octanol–water partition coefficient (Wildman–Crippen LogP) is 1.20. The van der Waals surface area contributed by atoms with Gasteiger partial charge in [-0.25, -0.2) is 8.42 Å². The lowest BCUT2D eigenvalue weighted by Gasteiger charge is -2.18. The van der Waals surface area contributed by atoms with Crippen molar-refractivity contribution in [2.45, 2.75) is 17.1 Å². The fraction of sp³-hybridized carbons (Fsp3) is 0.750. The summed E-state index contributed by atoms with van der Waals surface area (Å²) in [7, 11) is -1.94. The second-order valence-electron chi connectivity index (χ2n) is 5.22. The van der Waals surface area contributed by atoms with Crippen LogP contribution in [0.15, 0.2) is 10.3 Å². The van der Waals surface area contributed by atoms with Gasteiger partial charge in [-0.15, -0.1) is 0 Å². The molecule has 0 N–H and O–H groups in total. The number of rotatable bonds is 4. The lowest BCUT2D eigenvalue weighted by atomic mass is 9.91. The molecule has 0 bridgehead atoms. The van der Waals surface area contributed by atoms with Crippen molar-refractivity contribution in [3.8, 4) is 5.88 Å². The van der Waals surface area contributed by atoms with Crippen LogP contribution in [0, 0.1) is 11.8 Å². The van der Waals surface area contributed by atoms with Crippen LogP contribution in [0.5, 0.6) is 5.88 Å². The molecule has 2 aliphatic rings. The molecule has 0 amide bonds. The van der Waals surface area contributed by atoms with E-state index < -0.39 is 10.0 Å². The molecule has 1 aromatic heterocycles. The Bertz CT molecular complexity index is 566. The molecule has 0 radical (unpaired) electrons. The van der Waals surface area contributed by atoms with Gasteiger partial charge in [0.05, 0.1) is 7.11 Å². The summed E-state index contributed by atoms with van der Waals surface area (Å²) in [6.45, 7) is 2.76. The average molecular weight is 318 g/mol. The van der Waals surface area contributed by atoms with Crippen LogP contribution in [0.2, 0.25) is 0 Å². The highest BCUT2D eigenvalue weighted by molar-refractivity contribution is 7.91. The van der Waals surface area contributed by atoms with Gasteiger partial charge in [-0.3, -0.25) is 0 Å². The van der Waals surface area contributed by atoms with Crippen LogP contribution in [0.4, 0.5) is 0 Å². The van der Waals surface area contributed by atoms with Crippen molar-refractivity contribution in [2.75, 3.05) is 33.4 Å². The summed E-state index contributed by atoms with van der Waals surface area (Å²) >= 11 is 0.972. The van der Waals surface area contributed by atoms with Crippen molar-refractivity contribution in [3.63, 3.8) is 0 Å². The number of sulfonamides is 1. The highest BCUT2D eigenvalue weighted by Gasteiger charge is 2.38. The van der Waals surface area contributed by atoms with Crippen LogP contribution in [0.1, 0.15) is 12.8 Å². The van der Waals surface area contributed by atoms with Gasteiger partial charge >= 0.3 is 0 Å². The van der Waals surface area contributed by atoms with E-state index in [1.807, 2.05) is 0 Å². The zero-order valence-electron chi connectivity index (χ0n) is 11.3. The zero-order chi connectivity index (χ0) is 14.2. The Morgan fingerprint density at radius 1 is 1.45 bits per heavy atom. The minimum atomic E-state index is -3.42. The van der Waals surface area contributed by atoms with Gasteiger partial charge in [0.1, 0.15) is 0 Å². The molecule has 2 fully saturated rings. The highest BCUT2D eigenvalue weighted by atomic mass is 32.2. The maximum Gasteiger partial charge on any atom is 0.254 e. The molecule has 3 rings (SSSR count). The Hall–Kier alpha value is -0.700. The second kappa shape index (κ2) is 5.59. The van der Waals surface area contributed by atoms with Crippen molar-refractivity contribution in [1.29, 1.82) is 0 Å². The standard InChI is InChI=1S/C12H18N2O4S2/c1-17-11-6-12(19-13-11)20(15,16)14-4-2-9(7-14)10-3-5-18-8-10/h6,9-10H,2-5,7-8H2,1H3. The van der Waals surface area contributed by atoms with Crippen molar-refractivity contribution in [2.24, 2.45) is 11.8 Å². The molecule has 1 aromatic rings. The van der Waals surface area contributed by atoms with E-state index in [9.17, 15) is 8.42 Å². The van der Waals surface area contributed by atoms with Gasteiger partial charge in [-0.1, -0.05) is 0 Å². The van der Waals surface area contributed by atoms with Crippen LogP contribution in [-0.4, -0.2) is 50.5 Å². The molecule has 8 heteroatoms. The van der Waals surface area contributed by atoms with E-state index in [-0.39, 0.29) is 4.21 Å². The van der Waals surface area contributed by atoms with Crippen molar-refractivity contribution in [3.05, 3.63) is 6.07 Å². The maximum absolute atomic E-state index is 12.5. The van der Waals surface area contributed by atoms with Crippen LogP contribution in [0.25, 0.3) is 0 Å². The van der Waals surface area contributed by atoms with E-state index in [0.29, 0.717) is 30.8 Å². The lowest BCUT2D eigenvalue weighted by molar-refractivity contribution is 0.173. The first-order valence-corrected chi connectivity index (χ1v) is 8.91. The normalized spacial score (nSPS) is 28.1. The molecule has 2 atom stereocenters. The Kier molecular flexibility index (Phi) is 3.98. The molecule has 0 aliphatic carbocycles. The molecule has 3 heterocycles. The third-order valence-electron chi connectivity index (χ3n) is 4.09. The number of hydrogen-bond acceptors (Lipinski definition) is 6. The fourth-order valence-electron chi connectivity index (χ4n) is 2.87. The summed E-state index contributed by atoms with van der Waals surface area (Å²) in [5, 5.41) is 0. The van der Waals surface area contributed by atoms with Gasteiger partial charge in [-0.05, 0) is 36.2 Å². The molecule has 0 aromatic carbocycles. The lowest BCUT2D eigenvalue weighted by Crippen LogP contribution is -2.29. The average Bonchev–Trinajstić information content (AvgIpc) is 3.18. The Balaban J connectivity index is 1.72. The first-order valence-electron chi connectivity index (χ1n) is 6.70. The number of hydrogen-bond donors (Lipinski definition) is 0. The molecule has 0 spiro atoms. The van der Waals surface area contributed by atoms with E-state index in [1.54, 1.807) is 4.31 Å². The summed E-state index contributed by atoms with van der Waals surface area (Å²) in [5.41, 5.74) is 0. The molecule has 2 unspecified atom stereocenters. The SMILES string of the molecule is COc1cc(S(=O)(=O)N2CCC(C3CCOC3)C2)sn1. The number of methoxy groups -OCH3 is 1. The van der Waals surface area contributed by atoms with Gasteiger partial charge in [0.15, 0.2) is 4.21 Å². The monoisotopic (exact) mass is 318 g/mol. The molecule has 112 valence electrons. The molecule has 6 nitrogen and oxygen atoms in total. The van der Waals surface area contributed by atoms with Gasteiger partial charge in [0, 0.05) is 32.4 Å². The molecule has 20 heavy (non-hydrogen) atoms. The smallest absolute Gasteiger partial charge is 0.254 e. The highest BCUT2D eigenvalue weighted by Crippen LogP contribution is 2.34. The summed E-state index contributed by atoms with van der Waals surface area (Å²) < 4.78 is 41.2. The third-order valence-corrected chi connectivity index (χ3v) is 7.15. The predicted molar refractivity (Wildman–Crippen MR) is 74.5 cm³/mol. The molecule has 0 saturated carbocycles. The Morgan fingerprint density at radius 2 is 2.30 bits per heavy atom. The van der Waals surface area contributed by atoms with Crippen LogP contribution in [-0.2, 0) is 14.8 Å². The quantitative estimate of drug-likeness (QED) is 0.834. The summed E-state index contributed by atoms with van der Waals surface area (Å²) in [6.07, 6.45) is 1.97. The first kappa shape index (κ1) is 14.2. The fourth-order valence-corrected chi connectivity index (χ4v) is 5.37. The van der Waals surface area contributed by atoms with Crippen LogP contribution < -0.4 is 4.74 Å². The molecular formula is C12H18N2O4S2. The van der Waals surface area contributed by atoms with E-state index in [2.05, 4.69) is 4.37 Å². The van der Waals surface area contributed by atoms with E-state index in [1.165, 1.54) is 13.2 Å². The van der Waals surface area contributed by atoms with Gasteiger partial charge in [0.25, 0.3) is 10.0 Å². The first-order chi connectivity index (χ1) is 9.61. The van der Waals surface area contributed by atoms with Crippen molar-refractivity contribution >= 4 is 21.6 Å². The zero-order valence-corrected chi connectivity index (χ0v) is 13.0. The molecule has 2 saturated heterocycles. The summed E-state index contributed by atoms with van der Waals surface area (Å²) in [5.74, 6) is 1.28. The van der Waals surface area contributed by atoms with E-state index in [4.69, 9.17) is 9.47 Å². The Labute approximate surface area is 122 Å². The minimum Gasteiger partial charge on any atom is -0.480 e. The van der Waals surface area contributed by atoms with Gasteiger partial charge in [-0.2, -0.15) is 8.68 Å². The van der Waals surface area contributed by atoms with Crippen molar-refractivity contribution in [1.82, 2.24) is 8.68 Å². The van der Waals surface area contributed by atoms with Gasteiger partial charge < -0.3 is 9.47 Å². The van der Waals surface area contributed by atoms with Crippen LogP contribution >= 0.6 is 11.5 Å². The van der Waals surface area contributed by atoms with Gasteiger partial charge in [0.2, 0.25) is 5.88 Å². The number of ether oxygens (including phenoxy) is 2. The number of nitrogens with zero attached hydrogens (tertiary/aromatic N) is 2. The van der Waals surface area contributed by atoms with E-state index >= 15 is 0 Å². The second-order valence-corrected chi connectivity index (χ2v) is 8.19. The molecular weight excluding hydrogens is 300 g/mol. The molecule has 2 aliphatic heterocycles. The third kappa shape index (κ3) is 2.57. The Morgan fingerprint density at radius 3 is 2.95 bits per heavy atom. The largest absolute Gasteiger partial charge is 0.480 e. The van der Waals surface area contributed by atoms with Crippen molar-refractivity contribution < 1.29 is 17.9 Å². The minimum absolute atomic E-state index is 0.262. The van der Waals surface area contributed by atoms with E-state index in [0.717, 1.165) is 37.6 Å². The summed E-state index contributed by atoms with van der Waals surface area (Å²) in [6, 6.07) is 1.49. The topological polar surface area (TPSA) is 68.7 Å². The van der Waals surface area contributed by atoms with Crippen LogP contribution in [0.3, 0.4) is 0 Å². The number of aromatic nitrogens is 1. The summed E-state index contributed by atoms with van der Waals surface area (Å²) in [4.78, 5) is 0.